The lowest BCUT2D eigenvalue weighted by atomic mass is 10.1. The number of alkyl halides is 2. The van der Waals surface area contributed by atoms with E-state index in [0.717, 1.165) is 6.07 Å². The van der Waals surface area contributed by atoms with Crippen LogP contribution in [-0.2, 0) is 18.4 Å². The molecular formula is C26H22Cl3F3N6O3. The third-order valence-corrected chi connectivity index (χ3v) is 6.87. The summed E-state index contributed by atoms with van der Waals surface area (Å²) >= 11 is 18.7. The number of ether oxygens (including phenoxy) is 1. The van der Waals surface area contributed by atoms with Crippen LogP contribution in [0.4, 0.5) is 30.5 Å². The lowest BCUT2D eigenvalue weighted by Gasteiger charge is -2.14. The molecule has 41 heavy (non-hydrogen) atoms. The van der Waals surface area contributed by atoms with Gasteiger partial charge in [0.2, 0.25) is 11.9 Å². The minimum Gasteiger partial charge on any atom is -0.487 e. The summed E-state index contributed by atoms with van der Waals surface area (Å²) in [5.41, 5.74) is 6.99. The summed E-state index contributed by atoms with van der Waals surface area (Å²) in [5, 5.41) is 8.49. The largest absolute Gasteiger partial charge is 0.487 e. The first-order chi connectivity index (χ1) is 19.5. The summed E-state index contributed by atoms with van der Waals surface area (Å²) < 4.78 is 46.4. The van der Waals surface area contributed by atoms with Gasteiger partial charge in [-0.1, -0.05) is 40.9 Å². The molecule has 4 rings (SSSR count). The van der Waals surface area contributed by atoms with E-state index in [1.807, 2.05) is 0 Å². The Labute approximate surface area is 246 Å². The van der Waals surface area contributed by atoms with Crippen molar-refractivity contribution in [3.8, 4) is 5.75 Å². The van der Waals surface area contributed by atoms with Gasteiger partial charge in [-0.15, -0.1) is 0 Å². The van der Waals surface area contributed by atoms with Crippen LogP contribution < -0.4 is 26.4 Å². The van der Waals surface area contributed by atoms with Crippen LogP contribution in [0.25, 0.3) is 11.0 Å². The molecule has 9 nitrogen and oxygen atoms in total. The summed E-state index contributed by atoms with van der Waals surface area (Å²) in [6, 6.07) is 9.57. The fourth-order valence-electron chi connectivity index (χ4n) is 3.78. The number of imidazole rings is 1. The second kappa shape index (κ2) is 12.9. The molecule has 0 saturated carbocycles. The molecule has 5 N–H and O–H groups in total. The highest BCUT2D eigenvalue weighted by molar-refractivity contribution is 6.39. The van der Waals surface area contributed by atoms with Crippen LogP contribution in [0.15, 0.2) is 42.5 Å². The van der Waals surface area contributed by atoms with Gasteiger partial charge in [-0.05, 0) is 35.9 Å². The smallest absolute Gasteiger partial charge is 0.272 e. The van der Waals surface area contributed by atoms with Crippen LogP contribution >= 0.6 is 34.8 Å². The van der Waals surface area contributed by atoms with E-state index in [-0.39, 0.29) is 57.0 Å². The number of fused-ring (bicyclic) bond motifs is 1. The summed E-state index contributed by atoms with van der Waals surface area (Å²) in [7, 11) is 1.64. The van der Waals surface area contributed by atoms with Crippen LogP contribution in [0.2, 0.25) is 15.1 Å². The molecule has 1 aromatic heterocycles. The molecule has 0 unspecified atom stereocenters. The molecule has 1 heterocycles. The maximum absolute atomic E-state index is 13.5. The van der Waals surface area contributed by atoms with Crippen molar-refractivity contribution in [1.29, 1.82) is 0 Å². The summed E-state index contributed by atoms with van der Waals surface area (Å²) in [4.78, 5) is 29.2. The lowest BCUT2D eigenvalue weighted by molar-refractivity contribution is -0.119. The summed E-state index contributed by atoms with van der Waals surface area (Å²) in [5.74, 6) is -1.65. The van der Waals surface area contributed by atoms with Crippen molar-refractivity contribution in [3.63, 3.8) is 0 Å². The summed E-state index contributed by atoms with van der Waals surface area (Å²) in [6.07, 6.45) is -2.80. The number of nitrogens with one attached hydrogen (secondary N) is 3. The Morgan fingerprint density at radius 2 is 1.85 bits per heavy atom. The van der Waals surface area contributed by atoms with Gasteiger partial charge < -0.3 is 31.0 Å². The van der Waals surface area contributed by atoms with E-state index in [0.29, 0.717) is 22.3 Å². The van der Waals surface area contributed by atoms with Crippen molar-refractivity contribution in [2.24, 2.45) is 12.8 Å². The Bertz CT molecular complexity index is 1630. The Morgan fingerprint density at radius 1 is 1.10 bits per heavy atom. The predicted octanol–water partition coefficient (Wildman–Crippen LogP) is 5.89. The molecule has 0 aliphatic rings. The van der Waals surface area contributed by atoms with Crippen LogP contribution in [0, 0.1) is 5.82 Å². The number of carbonyl (C=O) groups excluding carboxylic acids is 2. The molecule has 0 fully saturated rings. The maximum atomic E-state index is 13.5. The Kier molecular flexibility index (Phi) is 9.49. The minimum absolute atomic E-state index is 0.100. The average molecular weight is 630 g/mol. The van der Waals surface area contributed by atoms with Crippen LogP contribution in [0.1, 0.15) is 15.9 Å². The van der Waals surface area contributed by atoms with E-state index >= 15 is 0 Å². The third-order valence-electron chi connectivity index (χ3n) is 5.84. The van der Waals surface area contributed by atoms with E-state index in [1.54, 1.807) is 23.7 Å². The third kappa shape index (κ3) is 6.96. The highest BCUT2D eigenvalue weighted by atomic mass is 35.5. The molecule has 15 heteroatoms. The molecular weight excluding hydrogens is 608 g/mol. The standard InChI is InChI=1S/C26H22Cl3F3N6O3/c1-38-19-8-20(41-11-21(31)32)14(25(40)35-13-3-5-17(30)16(28)6-13)7-18(19)36-26(38)37-24-15(27)4-2-12(23(24)29)10-34-22(39)9-33/h2-8,21H,9-11,33H2,1H3,(H,34,39)(H,35,40)(H,36,37). The number of anilines is 3. The van der Waals surface area contributed by atoms with Crippen LogP contribution in [0.3, 0.4) is 0 Å². The number of aromatic nitrogens is 2. The first-order valence-electron chi connectivity index (χ1n) is 11.9. The number of rotatable bonds is 10. The zero-order valence-electron chi connectivity index (χ0n) is 21.2. The van der Waals surface area contributed by atoms with Crippen LogP contribution in [0.5, 0.6) is 5.75 Å². The molecule has 0 spiro atoms. The fraction of sp³-hybridized carbons (Fsp3) is 0.192. The molecule has 2 amide bonds. The number of nitrogens with two attached hydrogens (primary N) is 1. The highest BCUT2D eigenvalue weighted by Crippen LogP contribution is 2.37. The van der Waals surface area contributed by atoms with Crippen molar-refractivity contribution < 1.29 is 27.5 Å². The lowest BCUT2D eigenvalue weighted by Crippen LogP contribution is -2.29. The van der Waals surface area contributed by atoms with Gasteiger partial charge in [0.25, 0.3) is 12.3 Å². The Hall–Kier alpha value is -3.71. The van der Waals surface area contributed by atoms with E-state index in [1.165, 1.54) is 24.3 Å². The van der Waals surface area contributed by atoms with Gasteiger partial charge in [0.1, 0.15) is 18.2 Å². The number of nitrogens with zero attached hydrogens (tertiary/aromatic N) is 2. The number of hydrogen-bond donors (Lipinski definition) is 4. The molecule has 0 atom stereocenters. The molecule has 0 saturated heterocycles. The first-order valence-corrected chi connectivity index (χ1v) is 13.0. The molecule has 216 valence electrons. The molecule has 0 aliphatic carbocycles. The van der Waals surface area contributed by atoms with Crippen LogP contribution in [-0.4, -0.2) is 40.9 Å². The topological polar surface area (TPSA) is 123 Å². The van der Waals surface area contributed by atoms with Gasteiger partial charge >= 0.3 is 0 Å². The van der Waals surface area contributed by atoms with E-state index in [2.05, 4.69) is 20.9 Å². The van der Waals surface area contributed by atoms with Gasteiger partial charge in [-0.3, -0.25) is 9.59 Å². The second-order valence-corrected chi connectivity index (χ2v) is 9.81. The van der Waals surface area contributed by atoms with Crippen molar-refractivity contribution in [1.82, 2.24) is 14.9 Å². The normalized spacial score (nSPS) is 11.1. The first kappa shape index (κ1) is 30.3. The molecule has 3 aromatic carbocycles. The van der Waals surface area contributed by atoms with Crippen molar-refractivity contribution in [3.05, 3.63) is 74.5 Å². The van der Waals surface area contributed by atoms with Gasteiger partial charge in [0.15, 0.2) is 0 Å². The van der Waals surface area contributed by atoms with Crippen molar-refractivity contribution in [2.45, 2.75) is 13.0 Å². The number of carbonyl (C=O) groups is 2. The SMILES string of the molecule is Cn1c(Nc2c(Cl)ccc(CNC(=O)CN)c2Cl)nc2cc(C(=O)Nc3ccc(F)c(Cl)c3)c(OCC(F)F)cc21. The van der Waals surface area contributed by atoms with Gasteiger partial charge in [0, 0.05) is 25.3 Å². The molecule has 0 aliphatic heterocycles. The summed E-state index contributed by atoms with van der Waals surface area (Å²) in [6.45, 7) is -1.04. The number of benzene rings is 3. The van der Waals surface area contributed by atoms with Gasteiger partial charge in [-0.2, -0.15) is 0 Å². The quantitative estimate of drug-likeness (QED) is 0.174. The minimum atomic E-state index is -2.80. The maximum Gasteiger partial charge on any atom is 0.272 e. The molecule has 4 aromatic rings. The van der Waals surface area contributed by atoms with E-state index in [4.69, 9.17) is 45.3 Å². The second-order valence-electron chi connectivity index (χ2n) is 8.62. The van der Waals surface area contributed by atoms with Crippen molar-refractivity contribution in [2.75, 3.05) is 23.8 Å². The van der Waals surface area contributed by atoms with Crippen molar-refractivity contribution >= 4 is 75.0 Å². The molecule has 0 radical (unpaired) electrons. The van der Waals surface area contributed by atoms with E-state index < -0.39 is 24.8 Å². The van der Waals surface area contributed by atoms with E-state index in [9.17, 15) is 22.8 Å². The Morgan fingerprint density at radius 3 is 2.54 bits per heavy atom. The number of halogens is 6. The zero-order valence-corrected chi connectivity index (χ0v) is 23.5. The predicted molar refractivity (Wildman–Crippen MR) is 152 cm³/mol. The van der Waals surface area contributed by atoms with Gasteiger partial charge in [0.05, 0.1) is 43.9 Å². The number of aryl methyl sites for hydroxylation is 1. The highest BCUT2D eigenvalue weighted by Gasteiger charge is 2.21. The average Bonchev–Trinajstić information content (AvgIpc) is 3.24. The number of hydrogen-bond acceptors (Lipinski definition) is 6. The number of amides is 2. The van der Waals surface area contributed by atoms with Gasteiger partial charge in [-0.25, -0.2) is 18.2 Å². The Balaban J connectivity index is 1.70. The monoisotopic (exact) mass is 628 g/mol. The molecule has 0 bridgehead atoms. The fourth-order valence-corrected chi connectivity index (χ4v) is 4.49. The zero-order chi connectivity index (χ0) is 29.8.